The van der Waals surface area contributed by atoms with E-state index in [9.17, 15) is 0 Å². The normalized spacial score (nSPS) is 13.8. The number of fused-ring (bicyclic) bond motifs is 3. The van der Waals surface area contributed by atoms with Crippen molar-refractivity contribution in [2.24, 2.45) is 0 Å². The molecule has 5 nitrogen and oxygen atoms in total. The summed E-state index contributed by atoms with van der Waals surface area (Å²) in [5.41, 5.74) is 8.85. The molecule has 0 amide bonds. The maximum Gasteiger partial charge on any atom is 0.216 e. The quantitative estimate of drug-likeness (QED) is 0.735. The van der Waals surface area contributed by atoms with Crippen LogP contribution < -0.4 is 10.5 Å². The number of benzene rings is 1. The minimum atomic E-state index is 0.699. The fourth-order valence-corrected chi connectivity index (χ4v) is 3.96. The van der Waals surface area contributed by atoms with Gasteiger partial charge in [0.15, 0.2) is 5.82 Å². The summed E-state index contributed by atoms with van der Waals surface area (Å²) < 4.78 is 7.59. The lowest BCUT2D eigenvalue weighted by Crippen LogP contribution is -1.97. The highest BCUT2D eigenvalue weighted by Crippen LogP contribution is 2.36. The lowest BCUT2D eigenvalue weighted by atomic mass is 10.1. The largest absolute Gasteiger partial charge is 0.496 e. The molecule has 3 aromatic rings. The van der Waals surface area contributed by atoms with Crippen LogP contribution in [0.1, 0.15) is 17.0 Å². The van der Waals surface area contributed by atoms with Crippen LogP contribution in [0.2, 0.25) is 0 Å². The van der Waals surface area contributed by atoms with E-state index in [0.717, 1.165) is 34.9 Å². The van der Waals surface area contributed by atoms with Crippen molar-refractivity contribution in [1.29, 1.82) is 0 Å². The van der Waals surface area contributed by atoms with Crippen molar-refractivity contribution in [2.75, 3.05) is 12.8 Å². The van der Waals surface area contributed by atoms with Gasteiger partial charge >= 0.3 is 0 Å². The van der Waals surface area contributed by atoms with Crippen molar-refractivity contribution in [3.05, 3.63) is 28.8 Å². The SMILES string of the molecule is COc1ccc(N)cc1-c1nnc2sc3c(n12)CCC3. The zero-order chi connectivity index (χ0) is 13.7. The molecule has 20 heavy (non-hydrogen) atoms. The molecule has 6 heteroatoms. The van der Waals surface area contributed by atoms with Crippen molar-refractivity contribution in [2.45, 2.75) is 19.3 Å². The number of hydrogen-bond donors (Lipinski definition) is 1. The summed E-state index contributed by atoms with van der Waals surface area (Å²) in [6.07, 6.45) is 3.45. The molecule has 1 aromatic carbocycles. The van der Waals surface area contributed by atoms with Crippen LogP contribution in [0.4, 0.5) is 5.69 Å². The molecular weight excluding hydrogens is 272 g/mol. The maximum absolute atomic E-state index is 5.91. The van der Waals surface area contributed by atoms with Crippen molar-refractivity contribution in [1.82, 2.24) is 14.6 Å². The van der Waals surface area contributed by atoms with Crippen molar-refractivity contribution in [3.63, 3.8) is 0 Å². The van der Waals surface area contributed by atoms with Crippen LogP contribution in [0.3, 0.4) is 0 Å². The summed E-state index contributed by atoms with van der Waals surface area (Å²) in [4.78, 5) is 2.38. The predicted molar refractivity (Wildman–Crippen MR) is 79.3 cm³/mol. The smallest absolute Gasteiger partial charge is 0.216 e. The number of nitrogen functional groups attached to an aromatic ring is 1. The average Bonchev–Trinajstić information content (AvgIpc) is 3.09. The van der Waals surface area contributed by atoms with Gasteiger partial charge in [-0.1, -0.05) is 11.3 Å². The number of ether oxygens (including phenoxy) is 1. The first-order valence-electron chi connectivity index (χ1n) is 6.57. The minimum Gasteiger partial charge on any atom is -0.496 e. The van der Waals surface area contributed by atoms with Crippen LogP contribution in [-0.2, 0) is 12.8 Å². The van der Waals surface area contributed by atoms with E-state index >= 15 is 0 Å². The Morgan fingerprint density at radius 3 is 3.05 bits per heavy atom. The molecule has 0 aliphatic heterocycles. The lowest BCUT2D eigenvalue weighted by Gasteiger charge is -2.08. The molecule has 2 heterocycles. The fraction of sp³-hybridized carbons (Fsp3) is 0.286. The van der Waals surface area contributed by atoms with Gasteiger partial charge in [0.25, 0.3) is 0 Å². The van der Waals surface area contributed by atoms with E-state index in [2.05, 4.69) is 14.6 Å². The Kier molecular flexibility index (Phi) is 2.47. The Balaban J connectivity index is 2.01. The summed E-state index contributed by atoms with van der Waals surface area (Å²) in [6, 6.07) is 5.60. The molecular formula is C14H14N4OS. The third kappa shape index (κ3) is 1.54. The van der Waals surface area contributed by atoms with E-state index in [1.54, 1.807) is 18.4 Å². The monoisotopic (exact) mass is 286 g/mol. The van der Waals surface area contributed by atoms with E-state index < -0.39 is 0 Å². The maximum atomic E-state index is 5.91. The first kappa shape index (κ1) is 11.7. The second-order valence-corrected chi connectivity index (χ2v) is 5.99. The molecule has 0 atom stereocenters. The number of aryl methyl sites for hydroxylation is 2. The number of nitrogens with zero attached hydrogens (tertiary/aromatic N) is 3. The zero-order valence-electron chi connectivity index (χ0n) is 11.1. The van der Waals surface area contributed by atoms with Gasteiger partial charge in [-0.05, 0) is 37.5 Å². The number of aromatic nitrogens is 3. The molecule has 0 fully saturated rings. The number of thiazole rings is 1. The second-order valence-electron chi connectivity index (χ2n) is 4.93. The van der Waals surface area contributed by atoms with Crippen molar-refractivity contribution < 1.29 is 4.74 Å². The Bertz CT molecular complexity index is 805. The molecule has 2 aromatic heterocycles. The summed E-state index contributed by atoms with van der Waals surface area (Å²) in [7, 11) is 1.66. The summed E-state index contributed by atoms with van der Waals surface area (Å²) in [5.74, 6) is 1.59. The van der Waals surface area contributed by atoms with E-state index in [4.69, 9.17) is 10.5 Å². The van der Waals surface area contributed by atoms with Gasteiger partial charge in [-0.25, -0.2) is 0 Å². The molecule has 102 valence electrons. The van der Waals surface area contributed by atoms with Crippen LogP contribution in [0.5, 0.6) is 5.75 Å². The molecule has 0 bridgehead atoms. The van der Waals surface area contributed by atoms with E-state index in [-0.39, 0.29) is 0 Å². The summed E-state index contributed by atoms with van der Waals surface area (Å²) in [6.45, 7) is 0. The number of nitrogens with two attached hydrogens (primary N) is 1. The average molecular weight is 286 g/mol. The molecule has 0 unspecified atom stereocenters. The van der Waals surface area contributed by atoms with Crippen LogP contribution in [0.25, 0.3) is 16.3 Å². The van der Waals surface area contributed by atoms with Gasteiger partial charge in [0.2, 0.25) is 4.96 Å². The van der Waals surface area contributed by atoms with Gasteiger partial charge in [-0.2, -0.15) is 0 Å². The zero-order valence-corrected chi connectivity index (χ0v) is 11.9. The van der Waals surface area contributed by atoms with Crippen molar-refractivity contribution in [3.8, 4) is 17.1 Å². The number of methoxy groups -OCH3 is 1. The van der Waals surface area contributed by atoms with Gasteiger partial charge in [0, 0.05) is 16.3 Å². The number of hydrogen-bond acceptors (Lipinski definition) is 5. The Hall–Kier alpha value is -2.08. The first-order chi connectivity index (χ1) is 9.78. The second kappa shape index (κ2) is 4.21. The third-order valence-electron chi connectivity index (χ3n) is 3.72. The molecule has 0 radical (unpaired) electrons. The fourth-order valence-electron chi connectivity index (χ4n) is 2.81. The van der Waals surface area contributed by atoms with Gasteiger partial charge in [-0.3, -0.25) is 4.40 Å². The number of rotatable bonds is 2. The standard InChI is InChI=1S/C14H14N4OS/c1-19-11-6-5-8(15)7-9(11)13-16-17-14-18(13)10-3-2-4-12(10)20-14/h5-7H,2-4,15H2,1H3. The molecule has 1 aliphatic carbocycles. The lowest BCUT2D eigenvalue weighted by molar-refractivity contribution is 0.416. The van der Waals surface area contributed by atoms with Gasteiger partial charge in [0.05, 0.1) is 12.7 Å². The molecule has 1 aliphatic rings. The Morgan fingerprint density at radius 2 is 2.20 bits per heavy atom. The van der Waals surface area contributed by atoms with Crippen LogP contribution in [0.15, 0.2) is 18.2 Å². The molecule has 0 saturated heterocycles. The van der Waals surface area contributed by atoms with Crippen LogP contribution in [-0.4, -0.2) is 21.7 Å². The Labute approximate surface area is 120 Å². The summed E-state index contributed by atoms with van der Waals surface area (Å²) in [5, 5.41) is 8.64. The van der Waals surface area contributed by atoms with E-state index in [0.29, 0.717) is 5.69 Å². The first-order valence-corrected chi connectivity index (χ1v) is 7.39. The van der Waals surface area contributed by atoms with Crippen molar-refractivity contribution >= 4 is 22.0 Å². The van der Waals surface area contributed by atoms with Crippen LogP contribution >= 0.6 is 11.3 Å². The molecule has 0 saturated carbocycles. The molecule has 0 spiro atoms. The Morgan fingerprint density at radius 1 is 1.30 bits per heavy atom. The third-order valence-corrected chi connectivity index (χ3v) is 4.85. The highest BCUT2D eigenvalue weighted by atomic mass is 32.1. The summed E-state index contributed by atoms with van der Waals surface area (Å²) >= 11 is 1.74. The molecule has 4 rings (SSSR count). The highest BCUT2D eigenvalue weighted by molar-refractivity contribution is 7.17. The topological polar surface area (TPSA) is 65.4 Å². The van der Waals surface area contributed by atoms with Gasteiger partial charge in [-0.15, -0.1) is 10.2 Å². The van der Waals surface area contributed by atoms with Crippen LogP contribution in [0, 0.1) is 0 Å². The highest BCUT2D eigenvalue weighted by Gasteiger charge is 2.23. The predicted octanol–water partition coefficient (Wildman–Crippen LogP) is 2.54. The van der Waals surface area contributed by atoms with E-state index in [1.165, 1.54) is 17.0 Å². The van der Waals surface area contributed by atoms with Gasteiger partial charge in [0.1, 0.15) is 5.75 Å². The molecule has 2 N–H and O–H groups in total. The number of anilines is 1. The van der Waals surface area contributed by atoms with E-state index in [1.807, 2.05) is 18.2 Å². The van der Waals surface area contributed by atoms with Gasteiger partial charge < -0.3 is 10.5 Å². The minimum absolute atomic E-state index is 0.699.